The van der Waals surface area contributed by atoms with Crippen molar-refractivity contribution in [2.24, 2.45) is 17.0 Å². The van der Waals surface area contributed by atoms with Gasteiger partial charge in [-0.2, -0.15) is 0 Å². The van der Waals surface area contributed by atoms with Crippen molar-refractivity contribution in [3.8, 4) is 5.75 Å². The lowest BCUT2D eigenvalue weighted by Crippen LogP contribution is -2.30. The van der Waals surface area contributed by atoms with Crippen LogP contribution in [0.4, 0.5) is 0 Å². The summed E-state index contributed by atoms with van der Waals surface area (Å²) in [4.78, 5) is 0. The molecule has 21 heavy (non-hydrogen) atoms. The van der Waals surface area contributed by atoms with Gasteiger partial charge >= 0.3 is 0 Å². The van der Waals surface area contributed by atoms with E-state index in [-0.39, 0.29) is 17.6 Å². The van der Waals surface area contributed by atoms with Crippen molar-refractivity contribution < 1.29 is 13.2 Å². The Labute approximate surface area is 128 Å². The highest BCUT2D eigenvalue weighted by Gasteiger charge is 2.20. The third-order valence-electron chi connectivity index (χ3n) is 3.60. The van der Waals surface area contributed by atoms with Gasteiger partial charge in [-0.3, -0.25) is 0 Å². The van der Waals surface area contributed by atoms with E-state index in [1.807, 2.05) is 26.0 Å². The number of nitrogens with two attached hydrogens (primary N) is 1. The van der Waals surface area contributed by atoms with Crippen LogP contribution in [0.5, 0.6) is 5.75 Å². The van der Waals surface area contributed by atoms with E-state index in [0.29, 0.717) is 6.61 Å². The molecule has 0 aliphatic carbocycles. The normalized spacial score (nSPS) is 13.4. The molecule has 1 aromatic carbocycles. The molecule has 1 aromatic rings. The molecule has 0 spiro atoms. The van der Waals surface area contributed by atoms with Crippen molar-refractivity contribution in [1.82, 2.24) is 0 Å². The Bertz CT molecular complexity index is 509. The van der Waals surface area contributed by atoms with E-state index in [0.717, 1.165) is 12.2 Å². The zero-order valence-electron chi connectivity index (χ0n) is 13.2. The second kappa shape index (κ2) is 8.39. The van der Waals surface area contributed by atoms with Gasteiger partial charge < -0.3 is 4.74 Å². The number of primary sulfonamides is 1. The topological polar surface area (TPSA) is 69.4 Å². The minimum Gasteiger partial charge on any atom is -0.493 e. The van der Waals surface area contributed by atoms with Gasteiger partial charge in [-0.1, -0.05) is 39.3 Å². The highest BCUT2D eigenvalue weighted by molar-refractivity contribution is 7.89. The number of benzene rings is 1. The van der Waals surface area contributed by atoms with Crippen LogP contribution in [0, 0.1) is 11.8 Å². The zero-order chi connectivity index (χ0) is 15.9. The lowest BCUT2D eigenvalue weighted by molar-refractivity contribution is 0.225. The molecular weight excluding hydrogens is 286 g/mol. The molecule has 120 valence electrons. The molecule has 0 aromatic heterocycles. The van der Waals surface area contributed by atoms with E-state index in [4.69, 9.17) is 9.88 Å². The third kappa shape index (κ3) is 7.48. The molecule has 1 rings (SSSR count). The van der Waals surface area contributed by atoms with Crippen LogP contribution in [0.2, 0.25) is 0 Å². The summed E-state index contributed by atoms with van der Waals surface area (Å²) in [6.45, 7) is 6.50. The van der Waals surface area contributed by atoms with Crippen molar-refractivity contribution in [2.75, 3.05) is 12.4 Å². The van der Waals surface area contributed by atoms with Crippen LogP contribution in [0.25, 0.3) is 0 Å². The number of hydrogen-bond acceptors (Lipinski definition) is 3. The number of hydrogen-bond donors (Lipinski definition) is 1. The standard InChI is InChI=1S/C16H27NO3S/c1-4-5-6-14-7-9-16(10-8-14)20-11-15(13(2)3)12-21(17,18)19/h7-10,13,15H,4-6,11-12H2,1-3H3,(H2,17,18,19). The molecule has 0 radical (unpaired) electrons. The molecule has 1 unspecified atom stereocenters. The summed E-state index contributed by atoms with van der Waals surface area (Å²) in [6.07, 6.45) is 3.45. The Morgan fingerprint density at radius 1 is 1.19 bits per heavy atom. The first kappa shape index (κ1) is 18.0. The van der Waals surface area contributed by atoms with Crippen LogP contribution >= 0.6 is 0 Å². The monoisotopic (exact) mass is 313 g/mol. The molecule has 2 N–H and O–H groups in total. The molecule has 0 fully saturated rings. The molecule has 0 saturated carbocycles. The lowest BCUT2D eigenvalue weighted by Gasteiger charge is -2.20. The smallest absolute Gasteiger partial charge is 0.209 e. The van der Waals surface area contributed by atoms with E-state index in [1.165, 1.54) is 18.4 Å². The molecule has 0 amide bonds. The predicted octanol–water partition coefficient (Wildman–Crippen LogP) is 2.97. The quantitative estimate of drug-likeness (QED) is 0.762. The van der Waals surface area contributed by atoms with Crippen molar-refractivity contribution in [3.05, 3.63) is 29.8 Å². The fourth-order valence-corrected chi connectivity index (χ4v) is 3.15. The van der Waals surface area contributed by atoms with Crippen LogP contribution in [-0.2, 0) is 16.4 Å². The van der Waals surface area contributed by atoms with Gasteiger partial charge in [-0.25, -0.2) is 13.6 Å². The summed E-state index contributed by atoms with van der Waals surface area (Å²) in [5.41, 5.74) is 1.30. The minimum absolute atomic E-state index is 0.0424. The average Bonchev–Trinajstić information content (AvgIpc) is 2.41. The van der Waals surface area contributed by atoms with Gasteiger partial charge in [0.1, 0.15) is 5.75 Å². The van der Waals surface area contributed by atoms with E-state index >= 15 is 0 Å². The van der Waals surface area contributed by atoms with Gasteiger partial charge in [0, 0.05) is 5.92 Å². The van der Waals surface area contributed by atoms with E-state index in [1.54, 1.807) is 0 Å². The van der Waals surface area contributed by atoms with Gasteiger partial charge in [0.05, 0.1) is 12.4 Å². The molecular formula is C16H27NO3S. The maximum atomic E-state index is 11.2. The van der Waals surface area contributed by atoms with Crippen LogP contribution in [0.3, 0.4) is 0 Å². The van der Waals surface area contributed by atoms with Crippen LogP contribution in [-0.4, -0.2) is 20.8 Å². The first-order chi connectivity index (χ1) is 9.81. The third-order valence-corrected chi connectivity index (χ3v) is 4.49. The molecule has 1 atom stereocenters. The predicted molar refractivity (Wildman–Crippen MR) is 86.9 cm³/mol. The maximum absolute atomic E-state index is 11.2. The molecule has 4 nitrogen and oxygen atoms in total. The summed E-state index contributed by atoms with van der Waals surface area (Å²) in [6, 6.07) is 8.02. The van der Waals surface area contributed by atoms with Crippen molar-refractivity contribution >= 4 is 10.0 Å². The van der Waals surface area contributed by atoms with Gasteiger partial charge in [-0.05, 0) is 36.5 Å². The van der Waals surface area contributed by atoms with Crippen LogP contribution < -0.4 is 9.88 Å². The molecule has 5 heteroatoms. The molecule has 0 aliphatic heterocycles. The van der Waals surface area contributed by atoms with Crippen molar-refractivity contribution in [1.29, 1.82) is 0 Å². The van der Waals surface area contributed by atoms with E-state index < -0.39 is 10.0 Å². The highest BCUT2D eigenvalue weighted by atomic mass is 32.2. The highest BCUT2D eigenvalue weighted by Crippen LogP contribution is 2.18. The van der Waals surface area contributed by atoms with Crippen molar-refractivity contribution in [2.45, 2.75) is 40.0 Å². The largest absolute Gasteiger partial charge is 0.493 e. The average molecular weight is 313 g/mol. The Kier molecular flexibility index (Phi) is 7.18. The van der Waals surface area contributed by atoms with Crippen LogP contribution in [0.15, 0.2) is 24.3 Å². The van der Waals surface area contributed by atoms with E-state index in [2.05, 4.69) is 19.1 Å². The van der Waals surface area contributed by atoms with Crippen molar-refractivity contribution in [3.63, 3.8) is 0 Å². The van der Waals surface area contributed by atoms with Gasteiger partial charge in [0.15, 0.2) is 0 Å². The maximum Gasteiger partial charge on any atom is 0.209 e. The second-order valence-corrected chi connectivity index (χ2v) is 7.55. The summed E-state index contributed by atoms with van der Waals surface area (Å²) < 4.78 is 28.2. The minimum atomic E-state index is -3.47. The molecule has 0 aliphatic rings. The summed E-state index contributed by atoms with van der Waals surface area (Å²) in [7, 11) is -3.47. The fourth-order valence-electron chi connectivity index (χ4n) is 2.07. The number of unbranched alkanes of at least 4 members (excludes halogenated alkanes) is 1. The summed E-state index contributed by atoms with van der Waals surface area (Å²) in [5.74, 6) is 0.835. The Morgan fingerprint density at radius 3 is 2.29 bits per heavy atom. The SMILES string of the molecule is CCCCc1ccc(OCC(CS(N)(=O)=O)C(C)C)cc1. The Hall–Kier alpha value is -1.07. The van der Waals surface area contributed by atoms with Gasteiger partial charge in [0.25, 0.3) is 0 Å². The van der Waals surface area contributed by atoms with Gasteiger partial charge in [-0.15, -0.1) is 0 Å². The number of aryl methyl sites for hydroxylation is 1. The Balaban J connectivity index is 2.55. The number of ether oxygens (including phenoxy) is 1. The number of sulfonamides is 1. The van der Waals surface area contributed by atoms with Crippen LogP contribution in [0.1, 0.15) is 39.2 Å². The first-order valence-electron chi connectivity index (χ1n) is 7.54. The molecule has 0 bridgehead atoms. The lowest BCUT2D eigenvalue weighted by atomic mass is 9.99. The fraction of sp³-hybridized carbons (Fsp3) is 0.625. The zero-order valence-corrected chi connectivity index (χ0v) is 14.0. The summed E-state index contributed by atoms with van der Waals surface area (Å²) >= 11 is 0. The first-order valence-corrected chi connectivity index (χ1v) is 9.25. The van der Waals surface area contributed by atoms with Gasteiger partial charge in [0.2, 0.25) is 10.0 Å². The number of rotatable bonds is 9. The molecule has 0 saturated heterocycles. The second-order valence-electron chi connectivity index (χ2n) is 5.89. The Morgan fingerprint density at radius 2 is 1.81 bits per heavy atom. The van der Waals surface area contributed by atoms with E-state index in [9.17, 15) is 8.42 Å². The summed E-state index contributed by atoms with van der Waals surface area (Å²) in [5, 5.41) is 5.13. The molecule has 0 heterocycles.